The second-order valence-corrected chi connectivity index (χ2v) is 5.10. The van der Waals surface area contributed by atoms with Crippen LogP contribution in [0, 0.1) is 5.82 Å². The van der Waals surface area contributed by atoms with Crippen molar-refractivity contribution >= 4 is 10.0 Å². The first kappa shape index (κ1) is 14.9. The van der Waals surface area contributed by atoms with Crippen LogP contribution >= 0.6 is 0 Å². The number of sulfonamides is 1. The molecule has 0 aliphatic heterocycles. The van der Waals surface area contributed by atoms with Gasteiger partial charge in [0.25, 0.3) is 0 Å². The molecule has 0 amide bonds. The number of rotatable bonds is 4. The lowest BCUT2D eigenvalue weighted by atomic mass is 10.2. The first-order valence-electron chi connectivity index (χ1n) is 4.61. The number of aliphatic hydroxyl groups is 1. The van der Waals surface area contributed by atoms with Crippen molar-refractivity contribution < 1.29 is 31.1 Å². The van der Waals surface area contributed by atoms with Gasteiger partial charge in [0.1, 0.15) is 17.3 Å². The van der Waals surface area contributed by atoms with Crippen LogP contribution in [0.25, 0.3) is 0 Å². The molecule has 18 heavy (non-hydrogen) atoms. The quantitative estimate of drug-likeness (QED) is 0.817. The summed E-state index contributed by atoms with van der Waals surface area (Å²) in [5, 5.41) is 8.69. The van der Waals surface area contributed by atoms with Crippen LogP contribution in [0.1, 0.15) is 5.56 Å². The van der Waals surface area contributed by atoms with Gasteiger partial charge < -0.3 is 5.11 Å². The van der Waals surface area contributed by atoms with Gasteiger partial charge in [-0.1, -0.05) is 6.07 Å². The molecule has 102 valence electrons. The molecule has 0 bridgehead atoms. The first-order chi connectivity index (χ1) is 8.15. The van der Waals surface area contributed by atoms with Crippen molar-refractivity contribution in [2.45, 2.75) is 17.7 Å². The minimum atomic E-state index is -4.73. The van der Waals surface area contributed by atoms with Gasteiger partial charge in [0.05, 0.1) is 6.61 Å². The molecule has 0 atom stereocenters. The van der Waals surface area contributed by atoms with Gasteiger partial charge in [-0.15, -0.1) is 0 Å². The van der Waals surface area contributed by atoms with Crippen LogP contribution in [-0.2, 0) is 16.6 Å². The third-order valence-corrected chi connectivity index (χ3v) is 3.37. The van der Waals surface area contributed by atoms with E-state index in [4.69, 9.17) is 5.11 Å². The fourth-order valence-electron chi connectivity index (χ4n) is 1.12. The maximum atomic E-state index is 13.3. The Kier molecular flexibility index (Phi) is 4.30. The Hall–Kier alpha value is -1.19. The van der Waals surface area contributed by atoms with Crippen LogP contribution in [0.15, 0.2) is 23.1 Å². The number of benzene rings is 1. The highest BCUT2D eigenvalue weighted by Gasteiger charge is 2.30. The maximum Gasteiger partial charge on any atom is 0.402 e. The van der Waals surface area contributed by atoms with Crippen molar-refractivity contribution in [3.05, 3.63) is 29.6 Å². The Bertz CT molecular complexity index is 527. The highest BCUT2D eigenvalue weighted by atomic mass is 32.2. The fraction of sp³-hybridized carbons (Fsp3) is 0.333. The van der Waals surface area contributed by atoms with Gasteiger partial charge in [0.15, 0.2) is 0 Å². The largest absolute Gasteiger partial charge is 0.402 e. The fourth-order valence-corrected chi connectivity index (χ4v) is 2.19. The molecular weight excluding hydrogens is 278 g/mol. The second-order valence-electron chi connectivity index (χ2n) is 3.36. The Morgan fingerprint density at radius 2 is 1.89 bits per heavy atom. The maximum absolute atomic E-state index is 13.3. The third-order valence-electron chi connectivity index (χ3n) is 1.93. The van der Waals surface area contributed by atoms with Crippen LogP contribution in [0.3, 0.4) is 0 Å². The summed E-state index contributed by atoms with van der Waals surface area (Å²) in [5.74, 6) is -1.23. The van der Waals surface area contributed by atoms with Crippen molar-refractivity contribution in [1.29, 1.82) is 0 Å². The molecule has 1 rings (SSSR count). The van der Waals surface area contributed by atoms with Crippen molar-refractivity contribution in [2.24, 2.45) is 0 Å². The van der Waals surface area contributed by atoms with Crippen LogP contribution in [0.2, 0.25) is 0 Å². The minimum absolute atomic E-state index is 0.113. The number of aliphatic hydroxyl groups excluding tert-OH is 1. The molecule has 0 saturated heterocycles. The predicted octanol–water partition coefficient (Wildman–Crippen LogP) is 1.16. The van der Waals surface area contributed by atoms with E-state index in [-0.39, 0.29) is 5.56 Å². The van der Waals surface area contributed by atoms with Gasteiger partial charge in [0, 0.05) is 0 Å². The zero-order valence-electron chi connectivity index (χ0n) is 8.83. The minimum Gasteiger partial charge on any atom is -0.392 e. The molecule has 0 unspecified atom stereocenters. The summed E-state index contributed by atoms with van der Waals surface area (Å²) in [5.41, 5.74) is 0.113. The lowest BCUT2D eigenvalue weighted by Crippen LogP contribution is -2.34. The average molecular weight is 287 g/mol. The molecular formula is C9H9F4NO3S. The van der Waals surface area contributed by atoms with E-state index >= 15 is 0 Å². The molecule has 0 fully saturated rings. The van der Waals surface area contributed by atoms with E-state index in [1.54, 1.807) is 0 Å². The van der Waals surface area contributed by atoms with Gasteiger partial charge in [0.2, 0.25) is 10.0 Å². The van der Waals surface area contributed by atoms with Gasteiger partial charge in [-0.25, -0.2) is 17.5 Å². The highest BCUT2D eigenvalue weighted by Crippen LogP contribution is 2.18. The van der Waals surface area contributed by atoms with E-state index in [0.29, 0.717) is 0 Å². The Labute approximate surface area is 100 Å². The molecule has 0 aliphatic carbocycles. The van der Waals surface area contributed by atoms with Crippen LogP contribution < -0.4 is 4.72 Å². The van der Waals surface area contributed by atoms with Crippen molar-refractivity contribution in [3.8, 4) is 0 Å². The van der Waals surface area contributed by atoms with E-state index in [2.05, 4.69) is 0 Å². The Morgan fingerprint density at radius 3 is 2.33 bits per heavy atom. The third kappa shape index (κ3) is 3.93. The van der Waals surface area contributed by atoms with Crippen molar-refractivity contribution in [3.63, 3.8) is 0 Å². The molecule has 0 aromatic heterocycles. The summed E-state index contributed by atoms with van der Waals surface area (Å²) in [6.07, 6.45) is -4.73. The molecule has 0 heterocycles. The summed E-state index contributed by atoms with van der Waals surface area (Å²) >= 11 is 0. The predicted molar refractivity (Wildman–Crippen MR) is 53.6 cm³/mol. The molecule has 1 aromatic carbocycles. The van der Waals surface area contributed by atoms with Crippen molar-refractivity contribution in [2.75, 3.05) is 6.54 Å². The average Bonchev–Trinajstić information content (AvgIpc) is 2.25. The molecule has 2 N–H and O–H groups in total. The number of hydrogen-bond donors (Lipinski definition) is 2. The number of hydrogen-bond acceptors (Lipinski definition) is 3. The van der Waals surface area contributed by atoms with E-state index in [1.165, 1.54) is 4.72 Å². The lowest BCUT2D eigenvalue weighted by molar-refractivity contribution is -0.121. The van der Waals surface area contributed by atoms with Gasteiger partial charge in [-0.3, -0.25) is 0 Å². The van der Waals surface area contributed by atoms with E-state index in [1.807, 2.05) is 0 Å². The lowest BCUT2D eigenvalue weighted by Gasteiger charge is -2.10. The zero-order valence-corrected chi connectivity index (χ0v) is 9.65. The monoisotopic (exact) mass is 287 g/mol. The number of nitrogens with one attached hydrogen (secondary N) is 1. The molecule has 0 aliphatic rings. The van der Waals surface area contributed by atoms with Crippen LogP contribution in [0.5, 0.6) is 0 Å². The first-order valence-corrected chi connectivity index (χ1v) is 6.10. The molecule has 0 spiro atoms. The topological polar surface area (TPSA) is 66.4 Å². The SMILES string of the molecule is O=S(=O)(NCC(F)(F)F)c1ccc(CO)cc1F. The van der Waals surface area contributed by atoms with Crippen LogP contribution in [0.4, 0.5) is 17.6 Å². The second kappa shape index (κ2) is 5.21. The van der Waals surface area contributed by atoms with Crippen LogP contribution in [-0.4, -0.2) is 26.2 Å². The van der Waals surface area contributed by atoms with E-state index in [9.17, 15) is 26.0 Å². The Balaban J connectivity index is 2.99. The summed E-state index contributed by atoms with van der Waals surface area (Å²) in [6.45, 7) is -2.29. The number of alkyl halides is 3. The van der Waals surface area contributed by atoms with E-state index in [0.717, 1.165) is 18.2 Å². The summed E-state index contributed by atoms with van der Waals surface area (Å²) in [7, 11) is -4.58. The van der Waals surface area contributed by atoms with Gasteiger partial charge in [-0.2, -0.15) is 13.2 Å². The normalized spacial score (nSPS) is 12.7. The molecule has 1 aromatic rings. The van der Waals surface area contributed by atoms with Gasteiger partial charge in [-0.05, 0) is 17.7 Å². The number of halogens is 4. The molecule has 0 saturated carbocycles. The standard InChI is InChI=1S/C9H9F4NO3S/c10-7-3-6(4-15)1-2-8(7)18(16,17)14-5-9(11,12)13/h1-3,14-15H,4-5H2. The van der Waals surface area contributed by atoms with Crippen molar-refractivity contribution in [1.82, 2.24) is 4.72 Å². The molecule has 0 radical (unpaired) electrons. The molecule has 9 heteroatoms. The summed E-state index contributed by atoms with van der Waals surface area (Å²) in [6, 6.07) is 2.63. The zero-order chi connectivity index (χ0) is 14.0. The smallest absolute Gasteiger partial charge is 0.392 e. The van der Waals surface area contributed by atoms with Gasteiger partial charge >= 0.3 is 6.18 Å². The summed E-state index contributed by atoms with van der Waals surface area (Å²) in [4.78, 5) is -0.899. The van der Waals surface area contributed by atoms with E-state index < -0.39 is 40.1 Å². The summed E-state index contributed by atoms with van der Waals surface area (Å²) < 4.78 is 73.0. The molecule has 4 nitrogen and oxygen atoms in total. The Morgan fingerprint density at radius 1 is 1.28 bits per heavy atom. The highest BCUT2D eigenvalue weighted by molar-refractivity contribution is 7.89.